The third kappa shape index (κ3) is 4.09. The topological polar surface area (TPSA) is 48.4 Å². The van der Waals surface area contributed by atoms with E-state index in [2.05, 4.69) is 20.9 Å². The van der Waals surface area contributed by atoms with E-state index >= 15 is 0 Å². The summed E-state index contributed by atoms with van der Waals surface area (Å²) in [5.41, 5.74) is 0.919. The molecule has 0 aliphatic rings. The van der Waals surface area contributed by atoms with Gasteiger partial charge in [-0.15, -0.1) is 11.3 Å². The predicted molar refractivity (Wildman–Crippen MR) is 93.6 cm³/mol. The lowest BCUT2D eigenvalue weighted by Gasteiger charge is -2.13. The number of esters is 1. The zero-order valence-electron chi connectivity index (χ0n) is 12.4. The molecule has 0 aliphatic heterocycles. The standard InChI is InChI=1S/C17H14BrNO3S/c1-11(22-13-8-6-12(18)7-9-13)17(20)21-10-16-19-14-4-2-3-5-15(14)23-16/h2-9,11H,10H2,1H3/t11-/m0/s1. The third-order valence-corrected chi connectivity index (χ3v) is 4.67. The molecule has 0 unspecified atom stereocenters. The molecule has 118 valence electrons. The van der Waals surface area contributed by atoms with E-state index < -0.39 is 12.1 Å². The van der Waals surface area contributed by atoms with Gasteiger partial charge in [0.1, 0.15) is 17.4 Å². The molecule has 0 radical (unpaired) electrons. The van der Waals surface area contributed by atoms with Gasteiger partial charge in [-0.25, -0.2) is 9.78 Å². The van der Waals surface area contributed by atoms with Gasteiger partial charge in [0.15, 0.2) is 6.10 Å². The molecule has 1 heterocycles. The van der Waals surface area contributed by atoms with E-state index in [1.165, 1.54) is 11.3 Å². The summed E-state index contributed by atoms with van der Waals surface area (Å²) in [6.07, 6.45) is -0.675. The number of para-hydroxylation sites is 1. The Morgan fingerprint density at radius 1 is 1.22 bits per heavy atom. The second-order valence-electron chi connectivity index (χ2n) is 4.90. The molecule has 0 N–H and O–H groups in total. The summed E-state index contributed by atoms with van der Waals surface area (Å²) in [6.45, 7) is 1.83. The summed E-state index contributed by atoms with van der Waals surface area (Å²) < 4.78 is 12.9. The largest absolute Gasteiger partial charge is 0.479 e. The molecule has 0 saturated carbocycles. The highest BCUT2D eigenvalue weighted by Gasteiger charge is 2.17. The molecule has 3 rings (SSSR count). The molecule has 0 spiro atoms. The smallest absolute Gasteiger partial charge is 0.347 e. The van der Waals surface area contributed by atoms with E-state index in [-0.39, 0.29) is 6.61 Å². The van der Waals surface area contributed by atoms with Crippen molar-refractivity contribution in [3.8, 4) is 5.75 Å². The number of rotatable bonds is 5. The van der Waals surface area contributed by atoms with Crippen molar-refractivity contribution in [1.29, 1.82) is 0 Å². The minimum atomic E-state index is -0.675. The van der Waals surface area contributed by atoms with Crippen LogP contribution in [0.4, 0.5) is 0 Å². The van der Waals surface area contributed by atoms with Crippen LogP contribution >= 0.6 is 27.3 Å². The van der Waals surface area contributed by atoms with Crippen molar-refractivity contribution in [3.05, 3.63) is 58.0 Å². The normalized spacial score (nSPS) is 12.1. The van der Waals surface area contributed by atoms with E-state index in [0.717, 1.165) is 19.7 Å². The van der Waals surface area contributed by atoms with Crippen molar-refractivity contribution in [2.45, 2.75) is 19.6 Å². The summed E-state index contributed by atoms with van der Waals surface area (Å²) in [5.74, 6) is 0.213. The fourth-order valence-corrected chi connectivity index (χ4v) is 3.14. The maximum atomic E-state index is 12.0. The molecule has 0 aliphatic carbocycles. The van der Waals surface area contributed by atoms with Crippen LogP contribution in [0, 0.1) is 0 Å². The van der Waals surface area contributed by atoms with Gasteiger partial charge in [-0.3, -0.25) is 0 Å². The first-order valence-corrected chi connectivity index (χ1v) is 8.66. The Labute approximate surface area is 146 Å². The number of benzene rings is 2. The van der Waals surface area contributed by atoms with Crippen LogP contribution in [0.1, 0.15) is 11.9 Å². The molecule has 3 aromatic rings. The summed E-state index contributed by atoms with van der Waals surface area (Å²) >= 11 is 4.87. The Hall–Kier alpha value is -1.92. The molecule has 1 aromatic heterocycles. The van der Waals surface area contributed by atoms with E-state index in [1.807, 2.05) is 36.4 Å². The number of aromatic nitrogens is 1. The first kappa shape index (κ1) is 16.0. The van der Waals surface area contributed by atoms with Crippen molar-refractivity contribution in [2.75, 3.05) is 0 Å². The average Bonchev–Trinajstić information content (AvgIpc) is 2.97. The number of hydrogen-bond acceptors (Lipinski definition) is 5. The number of halogens is 1. The molecule has 0 fully saturated rings. The van der Waals surface area contributed by atoms with E-state index in [1.54, 1.807) is 19.1 Å². The molecule has 0 amide bonds. The van der Waals surface area contributed by atoms with Crippen molar-refractivity contribution < 1.29 is 14.3 Å². The lowest BCUT2D eigenvalue weighted by Crippen LogP contribution is -2.25. The fraction of sp³-hybridized carbons (Fsp3) is 0.176. The van der Waals surface area contributed by atoms with Gasteiger partial charge in [-0.1, -0.05) is 28.1 Å². The molecular formula is C17H14BrNO3S. The van der Waals surface area contributed by atoms with Crippen LogP contribution in [-0.4, -0.2) is 17.1 Å². The van der Waals surface area contributed by atoms with E-state index in [9.17, 15) is 4.79 Å². The van der Waals surface area contributed by atoms with Gasteiger partial charge in [0.2, 0.25) is 0 Å². The van der Waals surface area contributed by atoms with Crippen LogP contribution in [0.25, 0.3) is 10.2 Å². The van der Waals surface area contributed by atoms with Crippen LogP contribution < -0.4 is 4.74 Å². The number of ether oxygens (including phenoxy) is 2. The highest BCUT2D eigenvalue weighted by Crippen LogP contribution is 2.22. The number of thiazole rings is 1. The molecule has 4 nitrogen and oxygen atoms in total. The minimum Gasteiger partial charge on any atom is -0.479 e. The van der Waals surface area contributed by atoms with Crippen molar-refractivity contribution in [1.82, 2.24) is 4.98 Å². The molecule has 23 heavy (non-hydrogen) atoms. The van der Waals surface area contributed by atoms with Gasteiger partial charge >= 0.3 is 5.97 Å². The second-order valence-corrected chi connectivity index (χ2v) is 6.93. The second kappa shape index (κ2) is 7.10. The maximum absolute atomic E-state index is 12.0. The quantitative estimate of drug-likeness (QED) is 0.597. The Kier molecular flexibility index (Phi) is 4.93. The van der Waals surface area contributed by atoms with Gasteiger partial charge in [0, 0.05) is 4.47 Å². The van der Waals surface area contributed by atoms with Gasteiger partial charge in [-0.2, -0.15) is 0 Å². The predicted octanol–water partition coefficient (Wildman–Crippen LogP) is 4.57. The monoisotopic (exact) mass is 391 g/mol. The lowest BCUT2D eigenvalue weighted by atomic mass is 10.3. The molecule has 1 atom stereocenters. The third-order valence-electron chi connectivity index (χ3n) is 3.13. The van der Waals surface area contributed by atoms with Gasteiger partial charge in [-0.05, 0) is 43.3 Å². The average molecular weight is 392 g/mol. The number of nitrogens with zero attached hydrogens (tertiary/aromatic N) is 1. The van der Waals surface area contributed by atoms with E-state index in [0.29, 0.717) is 5.75 Å². The number of fused-ring (bicyclic) bond motifs is 1. The number of hydrogen-bond donors (Lipinski definition) is 0. The SMILES string of the molecule is C[C@H](Oc1ccc(Br)cc1)C(=O)OCc1nc2ccccc2s1. The Bertz CT molecular complexity index is 783. The zero-order chi connectivity index (χ0) is 16.2. The van der Waals surface area contributed by atoms with Crippen molar-refractivity contribution >= 4 is 43.5 Å². The summed E-state index contributed by atoms with van der Waals surface area (Å²) in [4.78, 5) is 16.5. The van der Waals surface area contributed by atoms with Crippen LogP contribution in [-0.2, 0) is 16.1 Å². The van der Waals surface area contributed by atoms with Crippen molar-refractivity contribution in [3.63, 3.8) is 0 Å². The molecule has 6 heteroatoms. The summed E-state index contributed by atoms with van der Waals surface area (Å²) in [5, 5.41) is 0.774. The van der Waals surface area contributed by atoms with Crippen LogP contribution in [0.15, 0.2) is 53.0 Å². The van der Waals surface area contributed by atoms with Gasteiger partial charge < -0.3 is 9.47 Å². The Balaban J connectivity index is 1.56. The number of carbonyl (C=O) groups is 1. The summed E-state index contributed by atoms with van der Waals surface area (Å²) in [6, 6.07) is 15.1. The number of carbonyl (C=O) groups excluding carboxylic acids is 1. The highest BCUT2D eigenvalue weighted by atomic mass is 79.9. The van der Waals surface area contributed by atoms with Gasteiger partial charge in [0.25, 0.3) is 0 Å². The maximum Gasteiger partial charge on any atom is 0.347 e. The van der Waals surface area contributed by atoms with Crippen LogP contribution in [0.5, 0.6) is 5.75 Å². The van der Waals surface area contributed by atoms with E-state index in [4.69, 9.17) is 9.47 Å². The molecular weight excluding hydrogens is 378 g/mol. The first-order valence-electron chi connectivity index (χ1n) is 7.05. The summed E-state index contributed by atoms with van der Waals surface area (Å²) in [7, 11) is 0. The Morgan fingerprint density at radius 3 is 2.70 bits per heavy atom. The van der Waals surface area contributed by atoms with Crippen LogP contribution in [0.3, 0.4) is 0 Å². The van der Waals surface area contributed by atoms with Gasteiger partial charge in [0.05, 0.1) is 10.2 Å². The molecule has 0 saturated heterocycles. The minimum absolute atomic E-state index is 0.159. The molecule has 2 aromatic carbocycles. The Morgan fingerprint density at radius 2 is 1.96 bits per heavy atom. The van der Waals surface area contributed by atoms with Crippen molar-refractivity contribution in [2.24, 2.45) is 0 Å². The zero-order valence-corrected chi connectivity index (χ0v) is 14.8. The van der Waals surface area contributed by atoms with Crippen LogP contribution in [0.2, 0.25) is 0 Å². The first-order chi connectivity index (χ1) is 11.1. The molecule has 0 bridgehead atoms. The lowest BCUT2D eigenvalue weighted by molar-refractivity contribution is -0.152. The fourth-order valence-electron chi connectivity index (χ4n) is 2.00. The highest BCUT2D eigenvalue weighted by molar-refractivity contribution is 9.10.